The molecule has 0 spiro atoms. The van der Waals surface area contributed by atoms with Crippen LogP contribution in [-0.4, -0.2) is 20.6 Å². The minimum Gasteiger partial charge on any atom is -0.378 e. The number of hydrogen-bond acceptors (Lipinski definition) is 3. The maximum Gasteiger partial charge on any atom is 0.0636 e. The first-order valence-electron chi connectivity index (χ1n) is 6.90. The van der Waals surface area contributed by atoms with E-state index in [9.17, 15) is 0 Å². The molecule has 0 aliphatic rings. The Morgan fingerprint density at radius 2 is 1.60 bits per heavy atom. The first kappa shape index (κ1) is 14.4. The van der Waals surface area contributed by atoms with Crippen molar-refractivity contribution in [2.24, 2.45) is 5.73 Å². The van der Waals surface area contributed by atoms with Gasteiger partial charge in [0.15, 0.2) is 0 Å². The predicted octanol–water partition coefficient (Wildman–Crippen LogP) is 3.17. The van der Waals surface area contributed by atoms with Gasteiger partial charge in [-0.2, -0.15) is 0 Å². The fourth-order valence-corrected chi connectivity index (χ4v) is 2.13. The lowest BCUT2D eigenvalue weighted by Crippen LogP contribution is -2.20. The molecular weight excluding hydrogens is 246 g/mol. The second kappa shape index (κ2) is 6.44. The summed E-state index contributed by atoms with van der Waals surface area (Å²) in [5, 5.41) is 3.48. The number of rotatable bonds is 5. The topological polar surface area (TPSA) is 41.3 Å². The molecule has 1 atom stereocenters. The Morgan fingerprint density at radius 1 is 1.00 bits per heavy atom. The van der Waals surface area contributed by atoms with Gasteiger partial charge in [-0.25, -0.2) is 0 Å². The van der Waals surface area contributed by atoms with Gasteiger partial charge >= 0.3 is 0 Å². The second-order valence-corrected chi connectivity index (χ2v) is 5.28. The number of aryl methyl sites for hydroxylation is 1. The number of anilines is 2. The molecule has 0 saturated heterocycles. The quantitative estimate of drug-likeness (QED) is 0.876. The van der Waals surface area contributed by atoms with Crippen LogP contribution in [0.3, 0.4) is 0 Å². The van der Waals surface area contributed by atoms with Gasteiger partial charge < -0.3 is 16.0 Å². The monoisotopic (exact) mass is 269 g/mol. The summed E-state index contributed by atoms with van der Waals surface area (Å²) in [6.07, 6.45) is 0. The van der Waals surface area contributed by atoms with Gasteiger partial charge in [0, 0.05) is 32.0 Å². The van der Waals surface area contributed by atoms with E-state index < -0.39 is 0 Å². The molecule has 0 aromatic heterocycles. The molecule has 0 saturated carbocycles. The van der Waals surface area contributed by atoms with Gasteiger partial charge in [0.2, 0.25) is 0 Å². The van der Waals surface area contributed by atoms with Crippen molar-refractivity contribution in [1.29, 1.82) is 0 Å². The van der Waals surface area contributed by atoms with Crippen LogP contribution >= 0.6 is 0 Å². The Balaban J connectivity index is 2.13. The van der Waals surface area contributed by atoms with Gasteiger partial charge in [-0.3, -0.25) is 0 Å². The van der Waals surface area contributed by atoms with Crippen molar-refractivity contribution >= 4 is 11.4 Å². The van der Waals surface area contributed by atoms with Gasteiger partial charge in [-0.1, -0.05) is 29.8 Å². The SMILES string of the molecule is Cc1ccc(NC(CN)c2ccc(N(C)C)cc2)cc1. The Hall–Kier alpha value is -2.00. The molecule has 3 heteroatoms. The van der Waals surface area contributed by atoms with Crippen LogP contribution in [0.1, 0.15) is 17.2 Å². The maximum absolute atomic E-state index is 5.91. The number of hydrogen-bond donors (Lipinski definition) is 2. The average molecular weight is 269 g/mol. The number of nitrogens with one attached hydrogen (secondary N) is 1. The third-order valence-electron chi connectivity index (χ3n) is 3.44. The molecule has 106 valence electrons. The highest BCUT2D eigenvalue weighted by Gasteiger charge is 2.09. The highest BCUT2D eigenvalue weighted by molar-refractivity contribution is 5.50. The molecule has 0 radical (unpaired) electrons. The number of nitrogens with zero attached hydrogens (tertiary/aromatic N) is 1. The van der Waals surface area contributed by atoms with Crippen molar-refractivity contribution in [3.63, 3.8) is 0 Å². The average Bonchev–Trinajstić information content (AvgIpc) is 2.47. The normalized spacial score (nSPS) is 12.0. The zero-order chi connectivity index (χ0) is 14.5. The summed E-state index contributed by atoms with van der Waals surface area (Å²) >= 11 is 0. The highest BCUT2D eigenvalue weighted by atomic mass is 15.1. The fraction of sp³-hybridized carbons (Fsp3) is 0.294. The first-order chi connectivity index (χ1) is 9.60. The van der Waals surface area contributed by atoms with E-state index in [-0.39, 0.29) is 6.04 Å². The standard InChI is InChI=1S/C17H23N3/c1-13-4-8-15(9-5-13)19-17(12-18)14-6-10-16(11-7-14)20(2)3/h4-11,17,19H,12,18H2,1-3H3. The van der Waals surface area contributed by atoms with Crippen molar-refractivity contribution in [3.05, 3.63) is 59.7 Å². The zero-order valence-electron chi connectivity index (χ0n) is 12.4. The van der Waals surface area contributed by atoms with E-state index in [1.165, 1.54) is 16.8 Å². The third-order valence-corrected chi connectivity index (χ3v) is 3.44. The van der Waals surface area contributed by atoms with Crippen molar-refractivity contribution < 1.29 is 0 Å². The smallest absolute Gasteiger partial charge is 0.0636 e. The van der Waals surface area contributed by atoms with Crippen molar-refractivity contribution in [1.82, 2.24) is 0 Å². The Bertz CT molecular complexity index is 529. The van der Waals surface area contributed by atoms with Crippen molar-refractivity contribution in [3.8, 4) is 0 Å². The number of nitrogens with two attached hydrogens (primary N) is 1. The molecule has 3 N–H and O–H groups in total. The van der Waals surface area contributed by atoms with E-state index in [4.69, 9.17) is 5.73 Å². The lowest BCUT2D eigenvalue weighted by Gasteiger charge is -2.20. The Kier molecular flexibility index (Phi) is 4.64. The van der Waals surface area contributed by atoms with Gasteiger partial charge in [-0.15, -0.1) is 0 Å². The molecule has 20 heavy (non-hydrogen) atoms. The van der Waals surface area contributed by atoms with Gasteiger partial charge in [0.25, 0.3) is 0 Å². The highest BCUT2D eigenvalue weighted by Crippen LogP contribution is 2.21. The van der Waals surface area contributed by atoms with E-state index in [0.717, 1.165) is 5.69 Å². The number of benzene rings is 2. The van der Waals surface area contributed by atoms with Crippen molar-refractivity contribution in [2.75, 3.05) is 30.9 Å². The van der Waals surface area contributed by atoms with E-state index in [2.05, 4.69) is 65.7 Å². The maximum atomic E-state index is 5.91. The fourth-order valence-electron chi connectivity index (χ4n) is 2.13. The molecule has 0 bridgehead atoms. The molecule has 0 fully saturated rings. The van der Waals surface area contributed by atoms with E-state index in [1.54, 1.807) is 0 Å². The lowest BCUT2D eigenvalue weighted by molar-refractivity contribution is 0.790. The van der Waals surface area contributed by atoms with Crippen LogP contribution in [0.4, 0.5) is 11.4 Å². The molecule has 1 unspecified atom stereocenters. The molecule has 3 nitrogen and oxygen atoms in total. The van der Waals surface area contributed by atoms with Crippen LogP contribution in [0.15, 0.2) is 48.5 Å². The van der Waals surface area contributed by atoms with Crippen molar-refractivity contribution in [2.45, 2.75) is 13.0 Å². The molecule has 0 aliphatic carbocycles. The predicted molar refractivity (Wildman–Crippen MR) is 87.4 cm³/mol. The van der Waals surface area contributed by atoms with E-state index in [0.29, 0.717) is 6.54 Å². The summed E-state index contributed by atoms with van der Waals surface area (Å²) in [7, 11) is 4.08. The molecule has 0 amide bonds. The van der Waals surface area contributed by atoms with Crippen LogP contribution in [0.5, 0.6) is 0 Å². The van der Waals surface area contributed by atoms with Gasteiger partial charge in [-0.05, 0) is 36.8 Å². The summed E-state index contributed by atoms with van der Waals surface area (Å²) in [6, 6.07) is 17.0. The van der Waals surface area contributed by atoms with E-state index in [1.807, 2.05) is 14.1 Å². The summed E-state index contributed by atoms with van der Waals surface area (Å²) < 4.78 is 0. The van der Waals surface area contributed by atoms with Crippen LogP contribution in [0.2, 0.25) is 0 Å². The molecular formula is C17H23N3. The summed E-state index contributed by atoms with van der Waals surface area (Å²) in [6.45, 7) is 2.65. The van der Waals surface area contributed by atoms with E-state index >= 15 is 0 Å². The van der Waals surface area contributed by atoms with Gasteiger partial charge in [0.1, 0.15) is 0 Å². The molecule has 0 aliphatic heterocycles. The van der Waals surface area contributed by atoms with Crippen LogP contribution in [-0.2, 0) is 0 Å². The summed E-state index contributed by atoms with van der Waals surface area (Å²) in [5.74, 6) is 0. The minimum atomic E-state index is 0.133. The summed E-state index contributed by atoms with van der Waals surface area (Å²) in [4.78, 5) is 2.09. The third kappa shape index (κ3) is 3.52. The Labute approximate surface area is 121 Å². The van der Waals surface area contributed by atoms with Gasteiger partial charge in [0.05, 0.1) is 6.04 Å². The Morgan fingerprint density at radius 3 is 2.10 bits per heavy atom. The molecule has 2 aromatic carbocycles. The minimum absolute atomic E-state index is 0.133. The molecule has 2 rings (SSSR count). The van der Waals surface area contributed by atoms with Crippen LogP contribution in [0, 0.1) is 6.92 Å². The summed E-state index contributed by atoms with van der Waals surface area (Å²) in [5.41, 5.74) is 10.7. The largest absolute Gasteiger partial charge is 0.378 e. The first-order valence-corrected chi connectivity index (χ1v) is 6.90. The zero-order valence-corrected chi connectivity index (χ0v) is 12.4. The second-order valence-electron chi connectivity index (χ2n) is 5.28. The molecule has 0 heterocycles. The van der Waals surface area contributed by atoms with Crippen LogP contribution < -0.4 is 16.0 Å². The van der Waals surface area contributed by atoms with Crippen LogP contribution in [0.25, 0.3) is 0 Å². The lowest BCUT2D eigenvalue weighted by atomic mass is 10.1. The molecule has 2 aromatic rings.